The molecule has 0 saturated carbocycles. The molecule has 4 heteroatoms. The van der Waals surface area contributed by atoms with Crippen LogP contribution in [0.15, 0.2) is 35.0 Å². The predicted octanol–water partition coefficient (Wildman–Crippen LogP) is 3.68. The first-order chi connectivity index (χ1) is 10.0. The Morgan fingerprint density at radius 1 is 1.29 bits per heavy atom. The fourth-order valence-electron chi connectivity index (χ4n) is 2.84. The Bertz CT molecular complexity index is 661. The number of hydrogen-bond acceptors (Lipinski definition) is 3. The van der Waals surface area contributed by atoms with Crippen molar-refractivity contribution in [3.05, 3.63) is 51.7 Å². The zero-order valence-corrected chi connectivity index (χ0v) is 13.4. The second-order valence-electron chi connectivity index (χ2n) is 5.93. The number of benzene rings is 1. The first-order valence-electron chi connectivity index (χ1n) is 7.25. The summed E-state index contributed by atoms with van der Waals surface area (Å²) in [6.07, 6.45) is 0. The molecule has 1 unspecified atom stereocenters. The number of thiophene rings is 1. The van der Waals surface area contributed by atoms with Crippen molar-refractivity contribution in [2.24, 2.45) is 0 Å². The van der Waals surface area contributed by atoms with Crippen molar-refractivity contribution < 1.29 is 4.79 Å². The highest BCUT2D eigenvalue weighted by Crippen LogP contribution is 2.39. The molecule has 0 saturated heterocycles. The Kier molecular flexibility index (Phi) is 3.59. The lowest BCUT2D eigenvalue weighted by Gasteiger charge is -2.21. The lowest BCUT2D eigenvalue weighted by molar-refractivity contribution is -0.119. The van der Waals surface area contributed by atoms with Crippen LogP contribution in [-0.2, 0) is 10.2 Å². The van der Waals surface area contributed by atoms with Crippen LogP contribution < -0.4 is 10.6 Å². The van der Waals surface area contributed by atoms with Gasteiger partial charge in [-0.05, 0) is 60.0 Å². The molecule has 0 fully saturated rings. The molecule has 2 heterocycles. The van der Waals surface area contributed by atoms with Gasteiger partial charge in [-0.1, -0.05) is 19.1 Å². The number of fused-ring (bicyclic) bond motifs is 1. The SMILES string of the molecule is CCNC(c1ccsc1)c1ccc2c(c1)C(C)(C)C(=O)N2. The molecule has 3 rings (SSSR count). The number of nitrogens with one attached hydrogen (secondary N) is 2. The third-order valence-corrected chi connectivity index (χ3v) is 4.85. The molecule has 21 heavy (non-hydrogen) atoms. The summed E-state index contributed by atoms with van der Waals surface area (Å²) in [4.78, 5) is 12.1. The Hall–Kier alpha value is -1.65. The van der Waals surface area contributed by atoms with Crippen LogP contribution in [0.25, 0.3) is 0 Å². The number of carbonyl (C=O) groups is 1. The van der Waals surface area contributed by atoms with Crippen molar-refractivity contribution in [2.75, 3.05) is 11.9 Å². The van der Waals surface area contributed by atoms with Crippen LogP contribution in [-0.4, -0.2) is 12.5 Å². The van der Waals surface area contributed by atoms with Crippen LogP contribution >= 0.6 is 11.3 Å². The minimum absolute atomic E-state index is 0.0742. The highest BCUT2D eigenvalue weighted by atomic mass is 32.1. The van der Waals surface area contributed by atoms with E-state index in [4.69, 9.17) is 0 Å². The number of anilines is 1. The summed E-state index contributed by atoms with van der Waals surface area (Å²) in [5, 5.41) is 10.8. The van der Waals surface area contributed by atoms with Crippen molar-refractivity contribution in [1.29, 1.82) is 0 Å². The topological polar surface area (TPSA) is 41.1 Å². The Morgan fingerprint density at radius 3 is 2.76 bits per heavy atom. The van der Waals surface area contributed by atoms with E-state index in [0.717, 1.165) is 17.8 Å². The normalized spacial score (nSPS) is 17.4. The third kappa shape index (κ3) is 2.39. The molecule has 1 aromatic heterocycles. The largest absolute Gasteiger partial charge is 0.325 e. The quantitative estimate of drug-likeness (QED) is 0.904. The van der Waals surface area contributed by atoms with Gasteiger partial charge >= 0.3 is 0 Å². The summed E-state index contributed by atoms with van der Waals surface area (Å²) in [6.45, 7) is 6.97. The maximum absolute atomic E-state index is 12.1. The molecule has 1 atom stereocenters. The average molecular weight is 300 g/mol. The third-order valence-electron chi connectivity index (χ3n) is 4.15. The number of amides is 1. The molecule has 0 aliphatic carbocycles. The number of hydrogen-bond donors (Lipinski definition) is 2. The Morgan fingerprint density at radius 2 is 2.10 bits per heavy atom. The molecule has 1 aliphatic rings. The van der Waals surface area contributed by atoms with Crippen molar-refractivity contribution in [2.45, 2.75) is 32.2 Å². The van der Waals surface area contributed by atoms with Gasteiger partial charge in [0.05, 0.1) is 11.5 Å². The second kappa shape index (κ2) is 5.28. The van der Waals surface area contributed by atoms with Crippen molar-refractivity contribution >= 4 is 22.9 Å². The van der Waals surface area contributed by atoms with Gasteiger partial charge in [-0.2, -0.15) is 11.3 Å². The van der Waals surface area contributed by atoms with E-state index >= 15 is 0 Å². The van der Waals surface area contributed by atoms with Gasteiger partial charge in [0, 0.05) is 5.69 Å². The lowest BCUT2D eigenvalue weighted by Crippen LogP contribution is -2.27. The monoisotopic (exact) mass is 300 g/mol. The van der Waals surface area contributed by atoms with Crippen LogP contribution in [0.5, 0.6) is 0 Å². The number of carbonyl (C=O) groups excluding carboxylic acids is 1. The van der Waals surface area contributed by atoms with Gasteiger partial charge in [-0.25, -0.2) is 0 Å². The lowest BCUT2D eigenvalue weighted by atomic mass is 9.84. The van der Waals surface area contributed by atoms with E-state index in [1.165, 1.54) is 11.1 Å². The molecule has 0 spiro atoms. The summed E-state index contributed by atoms with van der Waals surface area (Å²) in [6, 6.07) is 8.62. The zero-order chi connectivity index (χ0) is 15.0. The summed E-state index contributed by atoms with van der Waals surface area (Å²) >= 11 is 1.71. The van der Waals surface area contributed by atoms with Crippen LogP contribution in [0.2, 0.25) is 0 Å². The van der Waals surface area contributed by atoms with Gasteiger partial charge < -0.3 is 10.6 Å². The molecule has 1 aliphatic heterocycles. The van der Waals surface area contributed by atoms with Crippen LogP contribution in [0.4, 0.5) is 5.69 Å². The molecule has 2 aromatic rings. The minimum atomic E-state index is -0.462. The first-order valence-corrected chi connectivity index (χ1v) is 8.19. The molecular formula is C17H20N2OS. The zero-order valence-electron chi connectivity index (χ0n) is 12.6. The molecule has 2 N–H and O–H groups in total. The van der Waals surface area contributed by atoms with Gasteiger partial charge in [-0.15, -0.1) is 0 Å². The maximum Gasteiger partial charge on any atom is 0.234 e. The van der Waals surface area contributed by atoms with Gasteiger partial charge in [0.25, 0.3) is 0 Å². The van der Waals surface area contributed by atoms with E-state index in [1.807, 2.05) is 19.9 Å². The smallest absolute Gasteiger partial charge is 0.234 e. The summed E-state index contributed by atoms with van der Waals surface area (Å²) in [7, 11) is 0. The molecule has 3 nitrogen and oxygen atoms in total. The molecule has 0 radical (unpaired) electrons. The average Bonchev–Trinajstić information content (AvgIpc) is 3.05. The van der Waals surface area contributed by atoms with E-state index in [0.29, 0.717) is 0 Å². The Labute approximate surface area is 129 Å². The Balaban J connectivity index is 2.04. The van der Waals surface area contributed by atoms with E-state index in [-0.39, 0.29) is 11.9 Å². The molecule has 1 aromatic carbocycles. The second-order valence-corrected chi connectivity index (χ2v) is 6.71. The fraction of sp³-hybridized carbons (Fsp3) is 0.353. The van der Waals surface area contributed by atoms with Crippen LogP contribution in [0.3, 0.4) is 0 Å². The van der Waals surface area contributed by atoms with Gasteiger partial charge in [0.15, 0.2) is 0 Å². The van der Waals surface area contributed by atoms with E-state index < -0.39 is 5.41 Å². The van der Waals surface area contributed by atoms with Gasteiger partial charge in [-0.3, -0.25) is 4.79 Å². The van der Waals surface area contributed by atoms with E-state index in [1.54, 1.807) is 11.3 Å². The van der Waals surface area contributed by atoms with Crippen molar-refractivity contribution in [1.82, 2.24) is 5.32 Å². The highest BCUT2D eigenvalue weighted by Gasteiger charge is 2.38. The summed E-state index contributed by atoms with van der Waals surface area (Å²) in [5.41, 5.74) is 4.05. The molecule has 110 valence electrons. The summed E-state index contributed by atoms with van der Waals surface area (Å²) < 4.78 is 0. The summed E-state index contributed by atoms with van der Waals surface area (Å²) in [5.74, 6) is 0.0742. The van der Waals surface area contributed by atoms with Crippen LogP contribution in [0.1, 0.15) is 43.5 Å². The van der Waals surface area contributed by atoms with Gasteiger partial charge in [0.1, 0.15) is 0 Å². The molecule has 1 amide bonds. The minimum Gasteiger partial charge on any atom is -0.325 e. The van der Waals surface area contributed by atoms with Crippen LogP contribution in [0, 0.1) is 0 Å². The fourth-order valence-corrected chi connectivity index (χ4v) is 3.53. The van der Waals surface area contributed by atoms with E-state index in [9.17, 15) is 4.79 Å². The van der Waals surface area contributed by atoms with Crippen molar-refractivity contribution in [3.63, 3.8) is 0 Å². The first kappa shape index (κ1) is 14.3. The van der Waals surface area contributed by atoms with Crippen molar-refractivity contribution in [3.8, 4) is 0 Å². The molecular weight excluding hydrogens is 280 g/mol. The van der Waals surface area contributed by atoms with E-state index in [2.05, 4.69) is 46.5 Å². The predicted molar refractivity (Wildman–Crippen MR) is 87.9 cm³/mol. The standard InChI is InChI=1S/C17H20N2OS/c1-4-18-15(12-7-8-21-10-12)11-5-6-14-13(9-11)17(2,3)16(20)19-14/h5-10,15,18H,4H2,1-3H3,(H,19,20). The maximum atomic E-state index is 12.1. The van der Waals surface area contributed by atoms with Gasteiger partial charge in [0.2, 0.25) is 5.91 Å². The molecule has 0 bridgehead atoms. The number of rotatable bonds is 4. The highest BCUT2D eigenvalue weighted by molar-refractivity contribution is 7.08.